The van der Waals surface area contributed by atoms with E-state index in [1.165, 1.54) is 59.1 Å². The third kappa shape index (κ3) is 4.84. The molecule has 0 saturated heterocycles. The Labute approximate surface area is 158 Å². The van der Waals surface area contributed by atoms with Crippen LogP contribution in [0.1, 0.15) is 66.3 Å². The maximum Gasteiger partial charge on any atom is 0.00482 e. The molecule has 2 aromatic carbocycles. The summed E-state index contributed by atoms with van der Waals surface area (Å²) in [5, 5.41) is 0. The molecule has 3 rings (SSSR count). The predicted octanol–water partition coefficient (Wildman–Crippen LogP) is 5.09. The van der Waals surface area contributed by atoms with Crippen molar-refractivity contribution in [3.05, 3.63) is 82.4 Å². The highest BCUT2D eigenvalue weighted by Gasteiger charge is 2.25. The summed E-state index contributed by atoms with van der Waals surface area (Å²) in [6.45, 7) is 11.1. The Kier molecular flexibility index (Phi) is 8.26. The molecule has 2 nitrogen and oxygen atoms in total. The first-order valence-corrected chi connectivity index (χ1v) is 9.42. The molecule has 2 heteroatoms. The number of rotatable bonds is 4. The topological polar surface area (TPSA) is 63.0 Å². The Hall–Kier alpha value is -1.90. The van der Waals surface area contributed by atoms with E-state index < -0.39 is 0 Å². The Balaban J connectivity index is 0.00000169. The molecule has 1 aliphatic rings. The van der Waals surface area contributed by atoms with Crippen molar-refractivity contribution in [1.29, 1.82) is 0 Å². The molecule has 4 N–H and O–H groups in total. The van der Waals surface area contributed by atoms with E-state index in [2.05, 4.69) is 69.8 Å². The van der Waals surface area contributed by atoms with Crippen molar-refractivity contribution in [3.63, 3.8) is 0 Å². The van der Waals surface area contributed by atoms with E-state index in [1.807, 2.05) is 0 Å². The monoisotopic (exact) mass is 354 g/mol. The van der Waals surface area contributed by atoms with Crippen molar-refractivity contribution in [2.75, 3.05) is 0 Å². The van der Waals surface area contributed by atoms with Crippen molar-refractivity contribution in [2.24, 2.45) is 5.92 Å². The van der Waals surface area contributed by atoms with Gasteiger partial charge in [0.15, 0.2) is 0 Å². The van der Waals surface area contributed by atoms with Gasteiger partial charge in [0.05, 0.1) is 0 Å². The highest BCUT2D eigenvalue weighted by molar-refractivity contribution is 5.37. The van der Waals surface area contributed by atoms with Gasteiger partial charge in [0.2, 0.25) is 0 Å². The minimum Gasteiger partial charge on any atom is -0.412 e. The van der Waals surface area contributed by atoms with Gasteiger partial charge in [-0.05, 0) is 67.7 Å². The third-order valence-corrected chi connectivity index (χ3v) is 5.78. The second-order valence-corrected chi connectivity index (χ2v) is 7.51. The Morgan fingerprint density at radius 3 is 2.27 bits per heavy atom. The second-order valence-electron chi connectivity index (χ2n) is 7.51. The normalized spacial score (nSPS) is 19.4. The minimum absolute atomic E-state index is 0. The van der Waals surface area contributed by atoms with Gasteiger partial charge in [-0.3, -0.25) is 0 Å². The molecule has 0 aromatic heterocycles. The molecule has 0 bridgehead atoms. The van der Waals surface area contributed by atoms with Crippen LogP contribution < -0.4 is 0 Å². The quantitative estimate of drug-likeness (QED) is 0.686. The van der Waals surface area contributed by atoms with Crippen molar-refractivity contribution in [2.45, 2.75) is 58.8 Å². The smallest absolute Gasteiger partial charge is 0.00482 e. The summed E-state index contributed by atoms with van der Waals surface area (Å²) in [5.41, 5.74) is 8.49. The summed E-state index contributed by atoms with van der Waals surface area (Å²) in [6, 6.07) is 16.1. The van der Waals surface area contributed by atoms with E-state index in [0.717, 1.165) is 12.3 Å². The molecule has 1 fully saturated rings. The summed E-state index contributed by atoms with van der Waals surface area (Å²) in [6.07, 6.45) is 6.20. The van der Waals surface area contributed by atoms with Crippen LogP contribution >= 0.6 is 0 Å². The maximum atomic E-state index is 4.43. The van der Waals surface area contributed by atoms with Crippen LogP contribution in [0.15, 0.2) is 54.6 Å². The van der Waals surface area contributed by atoms with Crippen LogP contribution in [0.2, 0.25) is 0 Å². The molecule has 142 valence electrons. The molecule has 2 aromatic rings. The molecule has 2 atom stereocenters. The lowest BCUT2D eigenvalue weighted by Crippen LogP contribution is -2.16. The van der Waals surface area contributed by atoms with Crippen LogP contribution in [0.5, 0.6) is 0 Å². The van der Waals surface area contributed by atoms with E-state index >= 15 is 0 Å². The van der Waals surface area contributed by atoms with E-state index in [-0.39, 0.29) is 11.0 Å². The molecule has 1 aliphatic carbocycles. The third-order valence-electron chi connectivity index (χ3n) is 5.78. The average molecular weight is 355 g/mol. The molecular formula is C24H34O2. The van der Waals surface area contributed by atoms with Crippen molar-refractivity contribution < 1.29 is 11.0 Å². The minimum atomic E-state index is 0. The first-order chi connectivity index (χ1) is 11.6. The highest BCUT2D eigenvalue weighted by Crippen LogP contribution is 2.41. The highest BCUT2D eigenvalue weighted by atomic mass is 16.0. The van der Waals surface area contributed by atoms with Crippen molar-refractivity contribution in [1.82, 2.24) is 0 Å². The molecular weight excluding hydrogens is 320 g/mol. The van der Waals surface area contributed by atoms with E-state index in [4.69, 9.17) is 0 Å². The lowest BCUT2D eigenvalue weighted by Gasteiger charge is -2.32. The maximum absolute atomic E-state index is 4.43. The van der Waals surface area contributed by atoms with Crippen LogP contribution in [0.3, 0.4) is 0 Å². The van der Waals surface area contributed by atoms with Crippen LogP contribution in [-0.2, 0) is 6.42 Å². The Bertz CT molecular complexity index is 715. The lowest BCUT2D eigenvalue weighted by atomic mass is 9.73. The van der Waals surface area contributed by atoms with Gasteiger partial charge in [0.1, 0.15) is 0 Å². The van der Waals surface area contributed by atoms with Crippen LogP contribution in [-0.4, -0.2) is 11.0 Å². The fraction of sp³-hybridized carbons (Fsp3) is 0.417. The first kappa shape index (κ1) is 22.1. The van der Waals surface area contributed by atoms with Gasteiger partial charge in [-0.25, -0.2) is 0 Å². The van der Waals surface area contributed by atoms with Gasteiger partial charge in [0, 0.05) is 5.92 Å². The zero-order valence-corrected chi connectivity index (χ0v) is 16.4. The lowest BCUT2D eigenvalue weighted by molar-refractivity contribution is 0.413. The number of allylic oxidation sites excluding steroid dienone is 1. The second kappa shape index (κ2) is 9.70. The van der Waals surface area contributed by atoms with Gasteiger partial charge in [-0.1, -0.05) is 73.5 Å². The summed E-state index contributed by atoms with van der Waals surface area (Å²) in [5.74, 6) is 1.29. The van der Waals surface area contributed by atoms with E-state index in [0.29, 0.717) is 5.92 Å². The fourth-order valence-electron chi connectivity index (χ4n) is 4.20. The molecule has 1 unspecified atom stereocenters. The van der Waals surface area contributed by atoms with Crippen LogP contribution in [0, 0.1) is 19.8 Å². The Morgan fingerprint density at radius 1 is 0.962 bits per heavy atom. The molecule has 0 spiro atoms. The SMILES string of the molecule is C=C1C(CC)CCC[C@H]1c1ccc(Cc2ccc(C)cc2C)cc1.O.O. The number of hydrogen-bond acceptors (Lipinski definition) is 0. The summed E-state index contributed by atoms with van der Waals surface area (Å²) in [7, 11) is 0. The summed E-state index contributed by atoms with van der Waals surface area (Å²) in [4.78, 5) is 0. The average Bonchev–Trinajstić information content (AvgIpc) is 2.58. The van der Waals surface area contributed by atoms with Crippen LogP contribution in [0.4, 0.5) is 0 Å². The van der Waals surface area contributed by atoms with Gasteiger partial charge >= 0.3 is 0 Å². The summed E-state index contributed by atoms with van der Waals surface area (Å²) < 4.78 is 0. The van der Waals surface area contributed by atoms with Gasteiger partial charge in [0.25, 0.3) is 0 Å². The van der Waals surface area contributed by atoms with E-state index in [9.17, 15) is 0 Å². The fourth-order valence-corrected chi connectivity index (χ4v) is 4.20. The molecule has 0 aliphatic heterocycles. The van der Waals surface area contributed by atoms with Gasteiger partial charge in [-0.15, -0.1) is 0 Å². The van der Waals surface area contributed by atoms with Crippen molar-refractivity contribution >= 4 is 0 Å². The number of aryl methyl sites for hydroxylation is 2. The molecule has 26 heavy (non-hydrogen) atoms. The molecule has 0 amide bonds. The standard InChI is InChI=1S/C24H30.2H2O/c1-5-21-7-6-8-24(19(21)4)22-13-10-20(11-14-22)16-23-12-9-17(2)15-18(23)3;;/h9-15,21,24H,4-8,16H2,1-3H3;2*1H2/t21?,24-;;/m1../s1. The van der Waals surface area contributed by atoms with Crippen LogP contribution in [0.25, 0.3) is 0 Å². The molecule has 0 radical (unpaired) electrons. The molecule has 0 heterocycles. The zero-order chi connectivity index (χ0) is 17.1. The van der Waals surface area contributed by atoms with Gasteiger partial charge in [-0.2, -0.15) is 0 Å². The first-order valence-electron chi connectivity index (χ1n) is 9.42. The molecule has 1 saturated carbocycles. The number of hydrogen-bond donors (Lipinski definition) is 0. The Morgan fingerprint density at radius 2 is 1.65 bits per heavy atom. The van der Waals surface area contributed by atoms with Gasteiger partial charge < -0.3 is 11.0 Å². The van der Waals surface area contributed by atoms with Crippen molar-refractivity contribution in [3.8, 4) is 0 Å². The summed E-state index contributed by atoms with van der Waals surface area (Å²) >= 11 is 0. The predicted molar refractivity (Wildman–Crippen MR) is 112 cm³/mol. The largest absolute Gasteiger partial charge is 0.412 e. The number of benzene rings is 2. The zero-order valence-electron chi connectivity index (χ0n) is 16.4. The van der Waals surface area contributed by atoms with E-state index in [1.54, 1.807) is 0 Å².